The molecule has 0 saturated heterocycles. The third-order valence-corrected chi connectivity index (χ3v) is 5.89. The number of primary amides is 1. The number of hydrogen-bond acceptors (Lipinski definition) is 7. The van der Waals surface area contributed by atoms with Gasteiger partial charge in [0.1, 0.15) is 24.7 Å². The highest BCUT2D eigenvalue weighted by Gasteiger charge is 2.33. The monoisotopic (exact) mass is 519 g/mol. The molecule has 11 nitrogen and oxygen atoms in total. The Kier molecular flexibility index (Phi) is 13.3. The number of carbonyl (C=O) groups is 5. The SMILES string of the molecule is CC[C@H](C)[C@@H](NC(=O)[C@@H](CC(=O)OCc1ccccc1)NC(=O)[C@H](N)CC(C)C)C(=O)N[C@@H](C)C(N)=O. The average molecular weight is 520 g/mol. The molecule has 206 valence electrons. The van der Waals surface area contributed by atoms with Crippen LogP contribution in [0.1, 0.15) is 59.4 Å². The number of benzene rings is 1. The highest BCUT2D eigenvalue weighted by molar-refractivity contribution is 5.96. The van der Waals surface area contributed by atoms with E-state index in [4.69, 9.17) is 16.2 Å². The van der Waals surface area contributed by atoms with E-state index in [0.29, 0.717) is 12.8 Å². The van der Waals surface area contributed by atoms with Crippen LogP contribution in [0.3, 0.4) is 0 Å². The molecule has 0 aliphatic heterocycles. The summed E-state index contributed by atoms with van der Waals surface area (Å²) < 4.78 is 5.28. The zero-order valence-electron chi connectivity index (χ0n) is 22.3. The van der Waals surface area contributed by atoms with Gasteiger partial charge in [-0.1, -0.05) is 64.4 Å². The van der Waals surface area contributed by atoms with Crippen molar-refractivity contribution in [3.8, 4) is 0 Å². The number of esters is 1. The summed E-state index contributed by atoms with van der Waals surface area (Å²) in [6.07, 6.45) is 0.436. The molecule has 0 fully saturated rings. The number of ether oxygens (including phenoxy) is 1. The van der Waals surface area contributed by atoms with Crippen LogP contribution in [-0.2, 0) is 35.3 Å². The van der Waals surface area contributed by atoms with Crippen molar-refractivity contribution in [2.45, 2.75) is 84.7 Å². The third kappa shape index (κ3) is 11.4. The fourth-order valence-electron chi connectivity index (χ4n) is 3.40. The summed E-state index contributed by atoms with van der Waals surface area (Å²) in [5.41, 5.74) is 12.0. The Morgan fingerprint density at radius 1 is 0.892 bits per heavy atom. The first-order valence-electron chi connectivity index (χ1n) is 12.5. The second kappa shape index (κ2) is 15.6. The average Bonchev–Trinajstić information content (AvgIpc) is 2.84. The van der Waals surface area contributed by atoms with E-state index in [1.54, 1.807) is 31.2 Å². The van der Waals surface area contributed by atoms with Crippen LogP contribution in [-0.4, -0.2) is 53.8 Å². The summed E-state index contributed by atoms with van der Waals surface area (Å²) in [5.74, 6) is -3.60. The van der Waals surface area contributed by atoms with E-state index in [-0.39, 0.29) is 18.4 Å². The zero-order chi connectivity index (χ0) is 28.1. The lowest BCUT2D eigenvalue weighted by Crippen LogP contribution is -2.59. The molecule has 5 atom stereocenters. The predicted octanol–water partition coefficient (Wildman–Crippen LogP) is 0.499. The van der Waals surface area contributed by atoms with Crippen LogP contribution in [0.15, 0.2) is 30.3 Å². The maximum atomic E-state index is 13.2. The molecule has 0 unspecified atom stereocenters. The van der Waals surface area contributed by atoms with Gasteiger partial charge < -0.3 is 32.2 Å². The number of nitrogens with two attached hydrogens (primary N) is 2. The Bertz CT molecular complexity index is 923. The molecule has 0 heterocycles. The molecule has 37 heavy (non-hydrogen) atoms. The van der Waals surface area contributed by atoms with E-state index < -0.39 is 60.2 Å². The van der Waals surface area contributed by atoms with Crippen molar-refractivity contribution in [3.63, 3.8) is 0 Å². The zero-order valence-corrected chi connectivity index (χ0v) is 22.3. The molecule has 1 aromatic rings. The first kappa shape index (κ1) is 31.6. The summed E-state index contributed by atoms with van der Waals surface area (Å²) in [5, 5.41) is 7.61. The van der Waals surface area contributed by atoms with Gasteiger partial charge in [-0.05, 0) is 30.7 Å². The van der Waals surface area contributed by atoms with Crippen LogP contribution in [0.25, 0.3) is 0 Å². The summed E-state index contributed by atoms with van der Waals surface area (Å²) in [6.45, 7) is 8.82. The Labute approximate surface area is 218 Å². The van der Waals surface area contributed by atoms with Crippen LogP contribution in [0.5, 0.6) is 0 Å². The van der Waals surface area contributed by atoms with E-state index in [0.717, 1.165) is 5.56 Å². The van der Waals surface area contributed by atoms with Crippen LogP contribution in [0.4, 0.5) is 0 Å². The maximum absolute atomic E-state index is 13.2. The minimum Gasteiger partial charge on any atom is -0.461 e. The molecule has 0 saturated carbocycles. The van der Waals surface area contributed by atoms with E-state index in [2.05, 4.69) is 16.0 Å². The van der Waals surface area contributed by atoms with Crippen molar-refractivity contribution in [2.75, 3.05) is 0 Å². The maximum Gasteiger partial charge on any atom is 0.308 e. The molecule has 0 aliphatic rings. The summed E-state index contributed by atoms with van der Waals surface area (Å²) in [4.78, 5) is 62.7. The molecule has 11 heteroatoms. The molecule has 4 amide bonds. The van der Waals surface area contributed by atoms with Gasteiger partial charge in [0, 0.05) is 0 Å². The quantitative estimate of drug-likeness (QED) is 0.209. The molecule has 0 aliphatic carbocycles. The second-order valence-electron chi connectivity index (χ2n) is 9.65. The van der Waals surface area contributed by atoms with E-state index in [1.165, 1.54) is 6.92 Å². The van der Waals surface area contributed by atoms with Crippen molar-refractivity contribution in [2.24, 2.45) is 23.3 Å². The molecular weight excluding hydrogens is 478 g/mol. The fourth-order valence-corrected chi connectivity index (χ4v) is 3.40. The second-order valence-corrected chi connectivity index (χ2v) is 9.65. The first-order chi connectivity index (χ1) is 17.3. The molecule has 0 aromatic heterocycles. The number of amides is 4. The smallest absolute Gasteiger partial charge is 0.308 e. The van der Waals surface area contributed by atoms with Crippen molar-refractivity contribution in [1.82, 2.24) is 16.0 Å². The highest BCUT2D eigenvalue weighted by Crippen LogP contribution is 2.11. The predicted molar refractivity (Wildman–Crippen MR) is 138 cm³/mol. The topological polar surface area (TPSA) is 183 Å². The van der Waals surface area contributed by atoms with Crippen LogP contribution in [0.2, 0.25) is 0 Å². The molecular formula is C26H41N5O6. The highest BCUT2D eigenvalue weighted by atomic mass is 16.5. The molecule has 0 radical (unpaired) electrons. The Morgan fingerprint density at radius 2 is 1.51 bits per heavy atom. The van der Waals surface area contributed by atoms with Crippen LogP contribution in [0, 0.1) is 11.8 Å². The molecule has 0 spiro atoms. The number of carbonyl (C=O) groups excluding carboxylic acids is 5. The normalized spacial score (nSPS) is 15.0. The standard InChI is InChI=1S/C26H41N5O6/c1-6-16(4)22(26(36)29-17(5)23(28)33)31-25(35)20(30-24(34)19(27)12-15(2)3)13-21(32)37-14-18-10-8-7-9-11-18/h7-11,15-17,19-20,22H,6,12-14,27H2,1-5H3,(H2,28,33)(H,29,36)(H,30,34)(H,31,35)/t16-,17-,19+,20+,22+/m0/s1. The van der Waals surface area contributed by atoms with Crippen LogP contribution < -0.4 is 27.4 Å². The number of rotatable bonds is 15. The van der Waals surface area contributed by atoms with Crippen molar-refractivity contribution in [1.29, 1.82) is 0 Å². The van der Waals surface area contributed by atoms with E-state index >= 15 is 0 Å². The first-order valence-corrected chi connectivity index (χ1v) is 12.5. The van der Waals surface area contributed by atoms with Crippen molar-refractivity contribution in [3.05, 3.63) is 35.9 Å². The van der Waals surface area contributed by atoms with Gasteiger partial charge in [-0.3, -0.25) is 24.0 Å². The Morgan fingerprint density at radius 3 is 2.05 bits per heavy atom. The van der Waals surface area contributed by atoms with Gasteiger partial charge in [-0.25, -0.2) is 0 Å². The van der Waals surface area contributed by atoms with Gasteiger partial charge >= 0.3 is 5.97 Å². The molecule has 1 rings (SSSR count). The van der Waals surface area contributed by atoms with E-state index in [1.807, 2.05) is 26.8 Å². The minimum absolute atomic E-state index is 0.00225. The van der Waals surface area contributed by atoms with E-state index in [9.17, 15) is 24.0 Å². The van der Waals surface area contributed by atoms with Gasteiger partial charge in [0.2, 0.25) is 23.6 Å². The lowest BCUT2D eigenvalue weighted by atomic mass is 9.97. The fraction of sp³-hybridized carbons (Fsp3) is 0.577. The lowest BCUT2D eigenvalue weighted by Gasteiger charge is -2.27. The third-order valence-electron chi connectivity index (χ3n) is 5.89. The van der Waals surface area contributed by atoms with Crippen LogP contribution >= 0.6 is 0 Å². The Hall–Kier alpha value is -3.47. The summed E-state index contributed by atoms with van der Waals surface area (Å²) in [6, 6.07) is 4.79. The molecule has 1 aromatic carbocycles. The number of hydrogen-bond donors (Lipinski definition) is 5. The van der Waals surface area contributed by atoms with Gasteiger partial charge in [0.05, 0.1) is 12.5 Å². The lowest BCUT2D eigenvalue weighted by molar-refractivity contribution is -0.147. The summed E-state index contributed by atoms with van der Waals surface area (Å²) >= 11 is 0. The van der Waals surface area contributed by atoms with Crippen molar-refractivity contribution < 1.29 is 28.7 Å². The largest absolute Gasteiger partial charge is 0.461 e. The van der Waals surface area contributed by atoms with Crippen molar-refractivity contribution >= 4 is 29.6 Å². The van der Waals surface area contributed by atoms with Gasteiger partial charge in [0.25, 0.3) is 0 Å². The minimum atomic E-state index is -1.33. The van der Waals surface area contributed by atoms with Gasteiger partial charge in [-0.2, -0.15) is 0 Å². The number of nitrogens with one attached hydrogen (secondary N) is 3. The molecule has 7 N–H and O–H groups in total. The summed E-state index contributed by atoms with van der Waals surface area (Å²) in [7, 11) is 0. The molecule has 0 bridgehead atoms. The van der Waals surface area contributed by atoms with Gasteiger partial charge in [-0.15, -0.1) is 0 Å². The van der Waals surface area contributed by atoms with Gasteiger partial charge in [0.15, 0.2) is 0 Å². The Balaban J connectivity index is 3.04.